The van der Waals surface area contributed by atoms with Crippen molar-refractivity contribution in [3.63, 3.8) is 0 Å². The standard InChI is InChI=1S/C12H22N2O2/c1-12(2,3)16-11(15)14-10-8-6-5-7-9-13-4/h5-10H2,1-3H3,(H,14,15). The van der Waals surface area contributed by atoms with Crippen molar-refractivity contribution < 1.29 is 9.53 Å². The Kier molecular flexibility index (Phi) is 7.36. The summed E-state index contributed by atoms with van der Waals surface area (Å²) in [6.07, 6.45) is 3.64. The number of nitrogens with zero attached hydrogens (tertiary/aromatic N) is 1. The molecule has 0 aromatic heterocycles. The van der Waals surface area contributed by atoms with Crippen molar-refractivity contribution in [2.24, 2.45) is 0 Å². The first-order chi connectivity index (χ1) is 7.45. The lowest BCUT2D eigenvalue weighted by molar-refractivity contribution is 0.0527. The molecule has 16 heavy (non-hydrogen) atoms. The summed E-state index contributed by atoms with van der Waals surface area (Å²) in [7, 11) is 0. The number of hydrogen-bond donors (Lipinski definition) is 1. The number of unbranched alkanes of at least 4 members (excludes halogenated alkanes) is 3. The Morgan fingerprint density at radius 3 is 2.44 bits per heavy atom. The highest BCUT2D eigenvalue weighted by atomic mass is 16.6. The number of alkyl carbamates (subject to hydrolysis) is 1. The molecule has 1 amide bonds. The van der Waals surface area contributed by atoms with E-state index < -0.39 is 5.60 Å². The average molecular weight is 226 g/mol. The van der Waals surface area contributed by atoms with E-state index >= 15 is 0 Å². The van der Waals surface area contributed by atoms with Crippen LogP contribution in [-0.4, -0.2) is 24.8 Å². The van der Waals surface area contributed by atoms with E-state index in [9.17, 15) is 4.79 Å². The SMILES string of the molecule is [C-]#[N+]CCCCCCNC(=O)OC(C)(C)C. The molecule has 4 heteroatoms. The molecular weight excluding hydrogens is 204 g/mol. The van der Waals surface area contributed by atoms with Gasteiger partial charge in [0, 0.05) is 13.0 Å². The molecule has 0 bridgehead atoms. The number of ether oxygens (including phenoxy) is 1. The molecule has 0 aliphatic carbocycles. The number of rotatable bonds is 6. The van der Waals surface area contributed by atoms with Crippen LogP contribution in [0.25, 0.3) is 4.85 Å². The third-order valence-corrected chi connectivity index (χ3v) is 1.86. The van der Waals surface area contributed by atoms with Gasteiger partial charge in [0.05, 0.1) is 0 Å². The van der Waals surface area contributed by atoms with Crippen molar-refractivity contribution in [1.82, 2.24) is 5.32 Å². The molecule has 0 unspecified atom stereocenters. The highest BCUT2D eigenvalue weighted by Crippen LogP contribution is 2.06. The highest BCUT2D eigenvalue weighted by Gasteiger charge is 2.15. The number of hydrogen-bond acceptors (Lipinski definition) is 2. The van der Waals surface area contributed by atoms with Gasteiger partial charge in [0.2, 0.25) is 6.54 Å². The van der Waals surface area contributed by atoms with Crippen LogP contribution in [0.5, 0.6) is 0 Å². The maximum atomic E-state index is 11.2. The lowest BCUT2D eigenvalue weighted by Crippen LogP contribution is -2.32. The zero-order valence-corrected chi connectivity index (χ0v) is 10.5. The molecule has 0 aliphatic rings. The quantitative estimate of drug-likeness (QED) is 0.559. The summed E-state index contributed by atoms with van der Waals surface area (Å²) in [6.45, 7) is 13.4. The minimum Gasteiger partial charge on any atom is -0.444 e. The number of amides is 1. The third-order valence-electron chi connectivity index (χ3n) is 1.86. The molecular formula is C12H22N2O2. The van der Waals surface area contributed by atoms with Gasteiger partial charge in [-0.15, -0.1) is 0 Å². The van der Waals surface area contributed by atoms with Crippen LogP contribution in [0.2, 0.25) is 0 Å². The van der Waals surface area contributed by atoms with Crippen molar-refractivity contribution >= 4 is 6.09 Å². The zero-order valence-electron chi connectivity index (χ0n) is 10.5. The van der Waals surface area contributed by atoms with Gasteiger partial charge in [-0.2, -0.15) is 0 Å². The largest absolute Gasteiger partial charge is 0.444 e. The fraction of sp³-hybridized carbons (Fsp3) is 0.833. The lowest BCUT2D eigenvalue weighted by atomic mass is 10.2. The normalized spacial score (nSPS) is 10.6. The van der Waals surface area contributed by atoms with Crippen molar-refractivity contribution in [2.75, 3.05) is 13.1 Å². The second-order valence-corrected chi connectivity index (χ2v) is 4.72. The number of carbonyl (C=O) groups is 1. The second kappa shape index (κ2) is 7.98. The van der Waals surface area contributed by atoms with Gasteiger partial charge < -0.3 is 14.9 Å². The Morgan fingerprint density at radius 1 is 1.25 bits per heavy atom. The second-order valence-electron chi connectivity index (χ2n) is 4.72. The lowest BCUT2D eigenvalue weighted by Gasteiger charge is -2.19. The Hall–Kier alpha value is -1.24. The first kappa shape index (κ1) is 14.8. The average Bonchev–Trinajstić information content (AvgIpc) is 2.13. The summed E-state index contributed by atoms with van der Waals surface area (Å²) in [5, 5.41) is 2.71. The molecule has 1 N–H and O–H groups in total. The van der Waals surface area contributed by atoms with Crippen molar-refractivity contribution in [1.29, 1.82) is 0 Å². The predicted octanol–water partition coefficient (Wildman–Crippen LogP) is 2.99. The first-order valence-electron chi connectivity index (χ1n) is 5.76. The summed E-state index contributed by atoms with van der Waals surface area (Å²) in [6, 6.07) is 0. The Balaban J connectivity index is 3.32. The van der Waals surface area contributed by atoms with E-state index in [0.29, 0.717) is 13.1 Å². The van der Waals surface area contributed by atoms with Crippen LogP contribution >= 0.6 is 0 Å². The maximum Gasteiger partial charge on any atom is 0.407 e. The van der Waals surface area contributed by atoms with E-state index in [-0.39, 0.29) is 6.09 Å². The van der Waals surface area contributed by atoms with E-state index in [2.05, 4.69) is 10.2 Å². The molecule has 0 fully saturated rings. The van der Waals surface area contributed by atoms with Crippen LogP contribution in [0.15, 0.2) is 0 Å². The smallest absolute Gasteiger partial charge is 0.407 e. The molecule has 0 saturated heterocycles. The Bertz CT molecular complexity index is 238. The van der Waals surface area contributed by atoms with Crippen molar-refractivity contribution in [3.05, 3.63) is 11.4 Å². The van der Waals surface area contributed by atoms with E-state index in [4.69, 9.17) is 11.3 Å². The monoisotopic (exact) mass is 226 g/mol. The maximum absolute atomic E-state index is 11.2. The van der Waals surface area contributed by atoms with Crippen LogP contribution in [-0.2, 0) is 4.74 Å². The summed E-state index contributed by atoms with van der Waals surface area (Å²) < 4.78 is 5.09. The number of nitrogens with one attached hydrogen (secondary N) is 1. The molecule has 0 heterocycles. The van der Waals surface area contributed by atoms with Gasteiger partial charge in [-0.05, 0) is 33.6 Å². The van der Waals surface area contributed by atoms with Gasteiger partial charge in [0.25, 0.3) is 0 Å². The first-order valence-corrected chi connectivity index (χ1v) is 5.76. The van der Waals surface area contributed by atoms with Crippen LogP contribution < -0.4 is 5.32 Å². The van der Waals surface area contributed by atoms with Gasteiger partial charge in [-0.25, -0.2) is 11.4 Å². The molecule has 0 spiro atoms. The van der Waals surface area contributed by atoms with Crippen molar-refractivity contribution in [3.8, 4) is 0 Å². The van der Waals surface area contributed by atoms with Crippen LogP contribution in [0, 0.1) is 6.57 Å². The topological polar surface area (TPSA) is 42.7 Å². The fourth-order valence-corrected chi connectivity index (χ4v) is 1.17. The molecule has 0 aliphatic heterocycles. The molecule has 0 aromatic carbocycles. The van der Waals surface area contributed by atoms with E-state index in [1.54, 1.807) is 0 Å². The predicted molar refractivity (Wildman–Crippen MR) is 64.2 cm³/mol. The summed E-state index contributed by atoms with van der Waals surface area (Å²) in [5.74, 6) is 0. The van der Waals surface area contributed by atoms with Crippen LogP contribution in [0.1, 0.15) is 46.5 Å². The molecule has 0 radical (unpaired) electrons. The summed E-state index contributed by atoms with van der Waals surface area (Å²) in [5.41, 5.74) is -0.431. The van der Waals surface area contributed by atoms with E-state index in [0.717, 1.165) is 25.7 Å². The third kappa shape index (κ3) is 10.8. The Labute approximate surface area is 98.2 Å². The van der Waals surface area contributed by atoms with Crippen LogP contribution in [0.4, 0.5) is 4.79 Å². The summed E-state index contributed by atoms with van der Waals surface area (Å²) >= 11 is 0. The number of carbonyl (C=O) groups excluding carboxylic acids is 1. The van der Waals surface area contributed by atoms with Gasteiger partial charge in [0.15, 0.2) is 0 Å². The minimum absolute atomic E-state index is 0.353. The van der Waals surface area contributed by atoms with Gasteiger partial charge >= 0.3 is 6.09 Å². The van der Waals surface area contributed by atoms with Crippen molar-refractivity contribution in [2.45, 2.75) is 52.1 Å². The van der Waals surface area contributed by atoms with Crippen LogP contribution in [0.3, 0.4) is 0 Å². The summed E-state index contributed by atoms with van der Waals surface area (Å²) in [4.78, 5) is 14.5. The van der Waals surface area contributed by atoms with Gasteiger partial charge in [-0.3, -0.25) is 0 Å². The molecule has 0 saturated carbocycles. The minimum atomic E-state index is -0.431. The van der Waals surface area contributed by atoms with Gasteiger partial charge in [0.1, 0.15) is 5.60 Å². The molecule has 92 valence electrons. The van der Waals surface area contributed by atoms with E-state index in [1.807, 2.05) is 20.8 Å². The van der Waals surface area contributed by atoms with Gasteiger partial charge in [-0.1, -0.05) is 6.42 Å². The fourth-order valence-electron chi connectivity index (χ4n) is 1.17. The van der Waals surface area contributed by atoms with E-state index in [1.165, 1.54) is 0 Å². The molecule has 0 rings (SSSR count). The molecule has 4 nitrogen and oxygen atoms in total. The molecule has 0 atom stereocenters. The Morgan fingerprint density at radius 2 is 1.88 bits per heavy atom. The zero-order chi connectivity index (χ0) is 12.4. The highest BCUT2D eigenvalue weighted by molar-refractivity contribution is 5.67. The molecule has 0 aromatic rings.